The Morgan fingerprint density at radius 3 is 2.67 bits per heavy atom. The van der Waals surface area contributed by atoms with Gasteiger partial charge in [-0.15, -0.1) is 0 Å². The standard InChI is InChI=1S/C21H28N2O4/c1-12(2)22-13-6-5-7-15(24)19(13)16(25)9-8-14-20-17(26)10-21(3,4)11-18(20)27-23-14/h12,25H,5-11H2,1-4H3. The van der Waals surface area contributed by atoms with Gasteiger partial charge in [0.2, 0.25) is 0 Å². The molecule has 0 bridgehead atoms. The van der Waals surface area contributed by atoms with Gasteiger partial charge in [-0.25, -0.2) is 0 Å². The van der Waals surface area contributed by atoms with Crippen molar-refractivity contribution >= 4 is 17.3 Å². The summed E-state index contributed by atoms with van der Waals surface area (Å²) in [6.45, 7) is 7.98. The minimum Gasteiger partial charge on any atom is -0.511 e. The van der Waals surface area contributed by atoms with Crippen molar-refractivity contribution in [3.8, 4) is 0 Å². The monoisotopic (exact) mass is 372 g/mol. The van der Waals surface area contributed by atoms with Gasteiger partial charge < -0.3 is 9.63 Å². The third-order valence-electron chi connectivity index (χ3n) is 5.08. The van der Waals surface area contributed by atoms with Crippen LogP contribution in [0.4, 0.5) is 0 Å². The molecule has 0 radical (unpaired) electrons. The molecule has 0 aromatic carbocycles. The highest BCUT2D eigenvalue weighted by atomic mass is 16.5. The maximum atomic E-state index is 12.5. The maximum Gasteiger partial charge on any atom is 0.168 e. The molecular formula is C21H28N2O4. The SMILES string of the molecule is CC(C)N=C1CCCC(=O)C1=C(O)CCc1noc2c1C(=O)CC(C)(C)C2. The summed E-state index contributed by atoms with van der Waals surface area (Å²) in [7, 11) is 0. The number of ketones is 2. The van der Waals surface area contributed by atoms with Gasteiger partial charge in [0, 0.05) is 43.9 Å². The Hall–Kier alpha value is -2.24. The molecule has 0 amide bonds. The van der Waals surface area contributed by atoms with Crippen LogP contribution in [0.2, 0.25) is 0 Å². The van der Waals surface area contributed by atoms with Gasteiger partial charge in [0.1, 0.15) is 11.5 Å². The van der Waals surface area contributed by atoms with Crippen molar-refractivity contribution in [1.29, 1.82) is 0 Å². The average molecular weight is 372 g/mol. The summed E-state index contributed by atoms with van der Waals surface area (Å²) in [6, 6.07) is 0.0669. The number of carbonyl (C=O) groups excluding carboxylic acids is 2. The van der Waals surface area contributed by atoms with Gasteiger partial charge in [-0.1, -0.05) is 19.0 Å². The molecule has 146 valence electrons. The fraction of sp³-hybridized carbons (Fsp3) is 0.619. The number of aliphatic hydroxyl groups is 1. The number of aryl methyl sites for hydroxylation is 1. The highest BCUT2D eigenvalue weighted by Gasteiger charge is 2.36. The van der Waals surface area contributed by atoms with Crippen molar-refractivity contribution in [2.24, 2.45) is 10.4 Å². The number of carbonyl (C=O) groups is 2. The molecule has 1 aromatic heterocycles. The normalized spacial score (nSPS) is 23.1. The molecule has 1 aromatic rings. The smallest absolute Gasteiger partial charge is 0.168 e. The highest BCUT2D eigenvalue weighted by molar-refractivity contribution is 6.24. The molecule has 2 aliphatic rings. The van der Waals surface area contributed by atoms with Crippen LogP contribution in [-0.2, 0) is 17.6 Å². The van der Waals surface area contributed by atoms with E-state index in [4.69, 9.17) is 4.52 Å². The summed E-state index contributed by atoms with van der Waals surface area (Å²) in [5.41, 5.74) is 2.07. The predicted octanol–water partition coefficient (Wildman–Crippen LogP) is 4.18. The molecule has 1 fully saturated rings. The van der Waals surface area contributed by atoms with Crippen molar-refractivity contribution in [2.45, 2.75) is 78.7 Å². The summed E-state index contributed by atoms with van der Waals surface area (Å²) in [5.74, 6) is 0.659. The Kier molecular flexibility index (Phi) is 5.36. The van der Waals surface area contributed by atoms with Crippen LogP contribution in [0.1, 0.15) is 81.6 Å². The predicted molar refractivity (Wildman–Crippen MR) is 102 cm³/mol. The zero-order valence-corrected chi connectivity index (χ0v) is 16.6. The number of aliphatic imine (C=N–C) groups is 1. The molecule has 2 aliphatic carbocycles. The molecule has 0 unspecified atom stereocenters. The Balaban J connectivity index is 1.82. The number of rotatable bonds is 4. The molecule has 6 nitrogen and oxygen atoms in total. The van der Waals surface area contributed by atoms with Crippen LogP contribution >= 0.6 is 0 Å². The van der Waals surface area contributed by atoms with Gasteiger partial charge in [0.25, 0.3) is 0 Å². The summed E-state index contributed by atoms with van der Waals surface area (Å²) in [6.07, 6.45) is 3.65. The van der Waals surface area contributed by atoms with E-state index in [1.54, 1.807) is 0 Å². The molecular weight excluding hydrogens is 344 g/mol. The fourth-order valence-electron chi connectivity index (χ4n) is 3.95. The molecule has 0 spiro atoms. The van der Waals surface area contributed by atoms with Gasteiger partial charge in [-0.3, -0.25) is 14.6 Å². The lowest BCUT2D eigenvalue weighted by molar-refractivity contribution is -0.115. The number of nitrogens with zero attached hydrogens (tertiary/aromatic N) is 2. The van der Waals surface area contributed by atoms with Crippen LogP contribution in [-0.4, -0.2) is 33.6 Å². The van der Waals surface area contributed by atoms with E-state index in [9.17, 15) is 14.7 Å². The number of fused-ring (bicyclic) bond motifs is 1. The van der Waals surface area contributed by atoms with E-state index >= 15 is 0 Å². The zero-order chi connectivity index (χ0) is 19.8. The fourth-order valence-corrected chi connectivity index (χ4v) is 3.95. The van der Waals surface area contributed by atoms with Crippen LogP contribution in [0.3, 0.4) is 0 Å². The topological polar surface area (TPSA) is 92.8 Å². The van der Waals surface area contributed by atoms with Gasteiger partial charge in [0.15, 0.2) is 11.6 Å². The number of aliphatic hydroxyl groups excluding tert-OH is 1. The highest BCUT2D eigenvalue weighted by Crippen LogP contribution is 2.36. The molecule has 27 heavy (non-hydrogen) atoms. The van der Waals surface area contributed by atoms with Gasteiger partial charge in [-0.2, -0.15) is 0 Å². The molecule has 6 heteroatoms. The summed E-state index contributed by atoms with van der Waals surface area (Å²) >= 11 is 0. The van der Waals surface area contributed by atoms with Crippen LogP contribution in [0.25, 0.3) is 0 Å². The minimum absolute atomic E-state index is 0.0411. The zero-order valence-electron chi connectivity index (χ0n) is 16.6. The van der Waals surface area contributed by atoms with Gasteiger partial charge >= 0.3 is 0 Å². The van der Waals surface area contributed by atoms with Crippen molar-refractivity contribution < 1.29 is 19.2 Å². The van der Waals surface area contributed by atoms with E-state index in [0.717, 1.165) is 6.42 Å². The third kappa shape index (κ3) is 4.20. The van der Waals surface area contributed by atoms with Crippen LogP contribution in [0.15, 0.2) is 20.8 Å². The second-order valence-electron chi connectivity index (χ2n) is 8.64. The first-order chi connectivity index (χ1) is 12.7. The number of allylic oxidation sites excluding steroid dienone is 2. The first-order valence-corrected chi connectivity index (χ1v) is 9.71. The van der Waals surface area contributed by atoms with Crippen molar-refractivity contribution in [2.75, 3.05) is 0 Å². The van der Waals surface area contributed by atoms with Crippen LogP contribution < -0.4 is 0 Å². The molecule has 1 N–H and O–H groups in total. The lowest BCUT2D eigenvalue weighted by atomic mass is 9.76. The second kappa shape index (κ2) is 7.41. The molecule has 0 atom stereocenters. The average Bonchev–Trinajstić information content (AvgIpc) is 2.94. The summed E-state index contributed by atoms with van der Waals surface area (Å²) in [4.78, 5) is 29.4. The van der Waals surface area contributed by atoms with Gasteiger partial charge in [-0.05, 0) is 32.1 Å². The lowest BCUT2D eigenvalue weighted by Crippen LogP contribution is -2.26. The van der Waals surface area contributed by atoms with E-state index in [1.807, 2.05) is 27.7 Å². The Labute approximate surface area is 159 Å². The Morgan fingerprint density at radius 2 is 1.96 bits per heavy atom. The van der Waals surface area contributed by atoms with Crippen molar-refractivity contribution in [1.82, 2.24) is 5.16 Å². The number of hydrogen-bond acceptors (Lipinski definition) is 6. The largest absolute Gasteiger partial charge is 0.511 e. The summed E-state index contributed by atoms with van der Waals surface area (Å²) in [5, 5.41) is 14.7. The molecule has 0 aliphatic heterocycles. The number of hydrogen-bond donors (Lipinski definition) is 1. The maximum absolute atomic E-state index is 12.5. The van der Waals surface area contributed by atoms with E-state index in [0.29, 0.717) is 60.4 Å². The molecule has 3 rings (SSSR count). The van der Waals surface area contributed by atoms with E-state index < -0.39 is 0 Å². The first-order valence-electron chi connectivity index (χ1n) is 9.71. The minimum atomic E-state index is -0.123. The van der Waals surface area contributed by atoms with E-state index in [2.05, 4.69) is 10.1 Å². The van der Waals surface area contributed by atoms with E-state index in [-0.39, 0.29) is 35.2 Å². The van der Waals surface area contributed by atoms with Gasteiger partial charge in [0.05, 0.1) is 16.8 Å². The Morgan fingerprint density at radius 1 is 1.22 bits per heavy atom. The number of Topliss-reactive ketones (excluding diaryl/α,β-unsaturated/α-hetero) is 2. The van der Waals surface area contributed by atoms with Crippen molar-refractivity contribution in [3.63, 3.8) is 0 Å². The van der Waals surface area contributed by atoms with E-state index in [1.165, 1.54) is 0 Å². The molecule has 1 heterocycles. The number of aromatic nitrogens is 1. The van der Waals surface area contributed by atoms with Crippen LogP contribution in [0.5, 0.6) is 0 Å². The molecule has 1 saturated carbocycles. The quantitative estimate of drug-likeness (QED) is 0.632. The third-order valence-corrected chi connectivity index (χ3v) is 5.08. The first kappa shape index (κ1) is 19.5. The van der Waals surface area contributed by atoms with Crippen molar-refractivity contribution in [3.05, 3.63) is 28.3 Å². The summed E-state index contributed by atoms with van der Waals surface area (Å²) < 4.78 is 5.41. The van der Waals surface area contributed by atoms with Crippen LogP contribution in [0, 0.1) is 5.41 Å². The lowest BCUT2D eigenvalue weighted by Gasteiger charge is -2.26. The second-order valence-corrected chi connectivity index (χ2v) is 8.64. The Bertz CT molecular complexity index is 827. The molecule has 0 saturated heterocycles.